The Morgan fingerprint density at radius 2 is 1.93 bits per heavy atom. The van der Waals surface area contributed by atoms with Crippen LogP contribution in [0.25, 0.3) is 0 Å². The summed E-state index contributed by atoms with van der Waals surface area (Å²) in [6.45, 7) is 6.62. The Morgan fingerprint density at radius 3 is 2.57 bits per heavy atom. The van der Waals surface area contributed by atoms with E-state index in [2.05, 4.69) is 10.3 Å². The quantitative estimate of drug-likeness (QED) is 0.875. The Labute approximate surface area is 164 Å². The fourth-order valence-electron chi connectivity index (χ4n) is 2.95. The molecule has 0 atom stereocenters. The molecule has 0 aliphatic carbocycles. The molecule has 7 nitrogen and oxygen atoms in total. The summed E-state index contributed by atoms with van der Waals surface area (Å²) in [5.41, 5.74) is 2.60. The average Bonchev–Trinajstić information content (AvgIpc) is 2.66. The second-order valence-corrected chi connectivity index (χ2v) is 7.67. The van der Waals surface area contributed by atoms with Crippen molar-refractivity contribution in [1.29, 1.82) is 0 Å². The maximum Gasteiger partial charge on any atom is 0.410 e. The summed E-state index contributed by atoms with van der Waals surface area (Å²) in [6.07, 6.45) is 1.93. The molecular weight excluding hydrogens is 358 g/mol. The predicted octanol–water partition coefficient (Wildman–Crippen LogP) is 3.64. The number of nitrogens with zero attached hydrogens (tertiary/aromatic N) is 2. The van der Waals surface area contributed by atoms with Crippen LogP contribution in [0.1, 0.15) is 42.4 Å². The largest absolute Gasteiger partial charge is 0.495 e. The van der Waals surface area contributed by atoms with E-state index in [1.165, 1.54) is 11.8 Å². The van der Waals surface area contributed by atoms with Crippen molar-refractivity contribution in [2.24, 2.45) is 0 Å². The van der Waals surface area contributed by atoms with Gasteiger partial charge in [0.2, 0.25) is 0 Å². The van der Waals surface area contributed by atoms with E-state index >= 15 is 0 Å². The van der Waals surface area contributed by atoms with Crippen molar-refractivity contribution in [3.05, 3.63) is 53.3 Å². The number of anilines is 1. The molecule has 1 aromatic carbocycles. The summed E-state index contributed by atoms with van der Waals surface area (Å²) in [5, 5.41) is 2.85. The van der Waals surface area contributed by atoms with Gasteiger partial charge in [0, 0.05) is 18.8 Å². The maximum atomic E-state index is 12.4. The second-order valence-electron chi connectivity index (χ2n) is 7.67. The van der Waals surface area contributed by atoms with Crippen LogP contribution in [0.5, 0.6) is 5.75 Å². The van der Waals surface area contributed by atoms with Gasteiger partial charge in [-0.3, -0.25) is 4.79 Å². The Bertz CT molecular complexity index is 872. The summed E-state index contributed by atoms with van der Waals surface area (Å²) < 4.78 is 10.5. The van der Waals surface area contributed by atoms with Crippen LogP contribution in [-0.4, -0.2) is 41.1 Å². The molecule has 0 bridgehead atoms. The summed E-state index contributed by atoms with van der Waals surface area (Å²) in [6, 6.07) is 9.04. The average molecular weight is 383 g/mol. The first-order valence-corrected chi connectivity index (χ1v) is 9.16. The number of nitrogens with one attached hydrogen (secondary N) is 1. The Hall–Kier alpha value is -3.09. The van der Waals surface area contributed by atoms with Crippen molar-refractivity contribution < 1.29 is 19.1 Å². The van der Waals surface area contributed by atoms with E-state index in [-0.39, 0.29) is 12.0 Å². The van der Waals surface area contributed by atoms with Crippen molar-refractivity contribution in [2.45, 2.75) is 39.3 Å². The van der Waals surface area contributed by atoms with E-state index < -0.39 is 5.60 Å². The molecule has 148 valence electrons. The molecule has 2 heterocycles. The highest BCUT2D eigenvalue weighted by Crippen LogP contribution is 2.24. The molecule has 2 aromatic rings. The zero-order chi connectivity index (χ0) is 20.3. The minimum Gasteiger partial charge on any atom is -0.495 e. The number of pyridine rings is 1. The van der Waals surface area contributed by atoms with Crippen LogP contribution in [0.3, 0.4) is 0 Å². The Balaban J connectivity index is 1.70. The molecule has 3 rings (SSSR count). The molecule has 0 saturated heterocycles. The molecule has 1 aliphatic heterocycles. The highest BCUT2D eigenvalue weighted by atomic mass is 16.6. The van der Waals surface area contributed by atoms with Gasteiger partial charge >= 0.3 is 6.09 Å². The maximum absolute atomic E-state index is 12.4. The van der Waals surface area contributed by atoms with E-state index in [0.29, 0.717) is 30.2 Å². The summed E-state index contributed by atoms with van der Waals surface area (Å²) in [5.74, 6) is 0.287. The highest BCUT2D eigenvalue weighted by Gasteiger charge is 2.26. The van der Waals surface area contributed by atoms with Gasteiger partial charge in [0.1, 0.15) is 17.0 Å². The lowest BCUT2D eigenvalue weighted by atomic mass is 9.99. The van der Waals surface area contributed by atoms with Crippen molar-refractivity contribution in [2.75, 3.05) is 19.0 Å². The van der Waals surface area contributed by atoms with Gasteiger partial charge < -0.3 is 19.7 Å². The minimum atomic E-state index is -0.529. The lowest BCUT2D eigenvalue weighted by Gasteiger charge is -2.31. The topological polar surface area (TPSA) is 80.8 Å². The summed E-state index contributed by atoms with van der Waals surface area (Å²) >= 11 is 0. The molecule has 0 saturated carbocycles. The van der Waals surface area contributed by atoms with E-state index in [9.17, 15) is 9.59 Å². The number of aromatic nitrogens is 1. The first-order valence-electron chi connectivity index (χ1n) is 9.16. The minimum absolute atomic E-state index is 0.300. The highest BCUT2D eigenvalue weighted by molar-refractivity contribution is 6.02. The summed E-state index contributed by atoms with van der Waals surface area (Å²) in [4.78, 5) is 30.5. The molecule has 1 aliphatic rings. The van der Waals surface area contributed by atoms with Gasteiger partial charge in [-0.1, -0.05) is 6.07 Å². The van der Waals surface area contributed by atoms with Crippen molar-refractivity contribution in [3.8, 4) is 5.75 Å². The number of hydrogen-bond acceptors (Lipinski definition) is 5. The normalized spacial score (nSPS) is 13.5. The van der Waals surface area contributed by atoms with Crippen LogP contribution in [0.15, 0.2) is 36.5 Å². The van der Waals surface area contributed by atoms with Crippen LogP contribution in [0.2, 0.25) is 0 Å². The molecule has 0 fully saturated rings. The number of carbonyl (C=O) groups excluding carboxylic acids is 2. The third-order valence-corrected chi connectivity index (χ3v) is 4.33. The van der Waals surface area contributed by atoms with E-state index in [1.54, 1.807) is 24.1 Å². The molecule has 0 spiro atoms. The van der Waals surface area contributed by atoms with Crippen LogP contribution in [0, 0.1) is 0 Å². The van der Waals surface area contributed by atoms with Crippen LogP contribution in [-0.2, 0) is 17.7 Å². The molecule has 2 amide bonds. The smallest absolute Gasteiger partial charge is 0.410 e. The van der Waals surface area contributed by atoms with Crippen LogP contribution < -0.4 is 10.1 Å². The van der Waals surface area contributed by atoms with Crippen LogP contribution >= 0.6 is 0 Å². The molecular formula is C21H25N3O4. The zero-order valence-electron chi connectivity index (χ0n) is 16.6. The third-order valence-electron chi connectivity index (χ3n) is 4.33. The van der Waals surface area contributed by atoms with Crippen molar-refractivity contribution in [3.63, 3.8) is 0 Å². The fourth-order valence-corrected chi connectivity index (χ4v) is 2.95. The van der Waals surface area contributed by atoms with Gasteiger partial charge in [0.15, 0.2) is 0 Å². The molecule has 1 aromatic heterocycles. The summed E-state index contributed by atoms with van der Waals surface area (Å²) in [7, 11) is 1.55. The van der Waals surface area contributed by atoms with Crippen molar-refractivity contribution in [1.82, 2.24) is 9.88 Å². The number of ether oxygens (including phenoxy) is 2. The number of benzene rings is 1. The Kier molecular flexibility index (Phi) is 5.53. The van der Waals surface area contributed by atoms with E-state index in [0.717, 1.165) is 12.0 Å². The molecule has 1 N–H and O–H groups in total. The fraction of sp³-hybridized carbons (Fsp3) is 0.381. The lowest BCUT2D eigenvalue weighted by Crippen LogP contribution is -2.39. The number of amides is 2. The SMILES string of the molecule is COc1ccc(C(=O)Nc2ccc3c(c2)CN(C(=O)OC(C)(C)C)CC3)nc1. The van der Waals surface area contributed by atoms with E-state index in [4.69, 9.17) is 9.47 Å². The Morgan fingerprint density at radius 1 is 1.14 bits per heavy atom. The van der Waals surface area contributed by atoms with Crippen molar-refractivity contribution >= 4 is 17.7 Å². The van der Waals surface area contributed by atoms with Gasteiger partial charge in [0.25, 0.3) is 5.91 Å². The van der Waals surface area contributed by atoms with Gasteiger partial charge in [-0.05, 0) is 62.6 Å². The van der Waals surface area contributed by atoms with Gasteiger partial charge in [0.05, 0.1) is 13.3 Å². The molecule has 0 radical (unpaired) electrons. The monoisotopic (exact) mass is 383 g/mol. The third kappa shape index (κ3) is 4.79. The number of rotatable bonds is 3. The predicted molar refractivity (Wildman–Crippen MR) is 106 cm³/mol. The second kappa shape index (κ2) is 7.88. The van der Waals surface area contributed by atoms with Crippen LogP contribution in [0.4, 0.5) is 10.5 Å². The lowest BCUT2D eigenvalue weighted by molar-refractivity contribution is 0.0224. The van der Waals surface area contributed by atoms with Gasteiger partial charge in [-0.15, -0.1) is 0 Å². The molecule has 7 heteroatoms. The molecule has 0 unspecified atom stereocenters. The number of fused-ring (bicyclic) bond motifs is 1. The standard InChI is InChI=1S/C21H25N3O4/c1-21(2,3)28-20(26)24-10-9-14-5-6-16(11-15(14)13-24)23-19(25)18-8-7-17(27-4)12-22-18/h5-8,11-12H,9-10,13H2,1-4H3,(H,23,25). The first kappa shape index (κ1) is 19.7. The molecule has 28 heavy (non-hydrogen) atoms. The zero-order valence-corrected chi connectivity index (χ0v) is 16.6. The first-order chi connectivity index (χ1) is 13.2. The number of methoxy groups -OCH3 is 1. The van der Waals surface area contributed by atoms with Gasteiger partial charge in [-0.25, -0.2) is 9.78 Å². The van der Waals surface area contributed by atoms with Gasteiger partial charge in [-0.2, -0.15) is 0 Å². The number of carbonyl (C=O) groups is 2. The number of hydrogen-bond donors (Lipinski definition) is 1. The van der Waals surface area contributed by atoms with E-state index in [1.807, 2.05) is 39.0 Å².